The highest BCUT2D eigenvalue weighted by Crippen LogP contribution is 2.28. The van der Waals surface area contributed by atoms with Gasteiger partial charge in [-0.25, -0.2) is 0 Å². The summed E-state index contributed by atoms with van der Waals surface area (Å²) >= 11 is 0. The molecule has 2 aromatic carbocycles. The smallest absolute Gasteiger partial charge is 0.224 e. The average molecular weight is 313 g/mol. The summed E-state index contributed by atoms with van der Waals surface area (Å²) in [6.07, 6.45) is -0.549. The van der Waals surface area contributed by atoms with E-state index in [1.54, 1.807) is 27.0 Å². The van der Waals surface area contributed by atoms with Crippen LogP contribution in [0.15, 0.2) is 54.6 Å². The Hall–Kier alpha value is -2.33. The predicted molar refractivity (Wildman–Crippen MR) is 90.3 cm³/mol. The lowest BCUT2D eigenvalue weighted by Gasteiger charge is -2.32. The van der Waals surface area contributed by atoms with Gasteiger partial charge in [-0.3, -0.25) is 4.79 Å². The number of rotatable bonds is 6. The van der Waals surface area contributed by atoms with E-state index in [0.717, 1.165) is 5.56 Å². The van der Waals surface area contributed by atoms with Crippen molar-refractivity contribution in [2.24, 2.45) is 0 Å². The molecule has 4 heteroatoms. The molecule has 4 nitrogen and oxygen atoms in total. The highest BCUT2D eigenvalue weighted by atomic mass is 16.5. The van der Waals surface area contributed by atoms with E-state index < -0.39 is 11.6 Å². The van der Waals surface area contributed by atoms with Crippen molar-refractivity contribution in [2.75, 3.05) is 7.11 Å². The van der Waals surface area contributed by atoms with Crippen LogP contribution in [0.25, 0.3) is 0 Å². The number of methoxy groups -OCH3 is 1. The van der Waals surface area contributed by atoms with Crippen LogP contribution in [0.1, 0.15) is 31.1 Å². The number of ether oxygens (including phenoxy) is 1. The van der Waals surface area contributed by atoms with Crippen LogP contribution in [0, 0.1) is 0 Å². The van der Waals surface area contributed by atoms with Gasteiger partial charge in [-0.1, -0.05) is 42.5 Å². The number of carbonyl (C=O) groups is 1. The van der Waals surface area contributed by atoms with Crippen molar-refractivity contribution >= 4 is 5.91 Å². The molecule has 0 bridgehead atoms. The highest BCUT2D eigenvalue weighted by molar-refractivity contribution is 5.79. The molecule has 0 aliphatic heterocycles. The van der Waals surface area contributed by atoms with Gasteiger partial charge in [0.2, 0.25) is 5.91 Å². The molecule has 2 N–H and O–H groups in total. The molecule has 1 amide bonds. The second-order valence-corrected chi connectivity index (χ2v) is 6.11. The summed E-state index contributed by atoms with van der Waals surface area (Å²) < 4.78 is 5.18. The Bertz CT molecular complexity index is 653. The molecule has 0 spiro atoms. The molecule has 2 rings (SSSR count). The number of hydrogen-bond donors (Lipinski definition) is 2. The van der Waals surface area contributed by atoms with E-state index in [9.17, 15) is 9.90 Å². The molecule has 0 fully saturated rings. The Morgan fingerprint density at radius 2 is 1.87 bits per heavy atom. The van der Waals surface area contributed by atoms with E-state index in [-0.39, 0.29) is 12.3 Å². The Balaban J connectivity index is 2.06. The van der Waals surface area contributed by atoms with Gasteiger partial charge in [0.15, 0.2) is 0 Å². The Kier molecular flexibility index (Phi) is 5.40. The molecular weight excluding hydrogens is 290 g/mol. The first kappa shape index (κ1) is 17.0. The zero-order valence-corrected chi connectivity index (χ0v) is 13.7. The molecule has 0 aliphatic rings. The van der Waals surface area contributed by atoms with E-state index in [0.29, 0.717) is 11.3 Å². The van der Waals surface area contributed by atoms with Crippen LogP contribution in [-0.4, -0.2) is 23.7 Å². The third kappa shape index (κ3) is 4.57. The summed E-state index contributed by atoms with van der Waals surface area (Å²) in [5.74, 6) is 0.552. The van der Waals surface area contributed by atoms with Crippen LogP contribution in [0.5, 0.6) is 5.75 Å². The standard InChI is InChI=1S/C19H23NO3/c1-19(2,18(22)15-10-7-11-16(13-15)23-3)20-17(21)12-14-8-5-4-6-9-14/h4-11,13,18,22H,12H2,1-3H3,(H,20,21)/t18-/m0/s1. The van der Waals surface area contributed by atoms with Gasteiger partial charge in [0.1, 0.15) is 11.9 Å². The first-order valence-corrected chi connectivity index (χ1v) is 7.59. The summed E-state index contributed by atoms with van der Waals surface area (Å²) in [5.41, 5.74) is 0.851. The van der Waals surface area contributed by atoms with Crippen molar-refractivity contribution in [3.8, 4) is 5.75 Å². The monoisotopic (exact) mass is 313 g/mol. The summed E-state index contributed by atoms with van der Waals surface area (Å²) in [4.78, 5) is 12.2. The summed E-state index contributed by atoms with van der Waals surface area (Å²) in [7, 11) is 1.58. The lowest BCUT2D eigenvalue weighted by Crippen LogP contribution is -2.48. The molecule has 0 aromatic heterocycles. The Morgan fingerprint density at radius 1 is 1.17 bits per heavy atom. The van der Waals surface area contributed by atoms with Gasteiger partial charge in [-0.05, 0) is 37.1 Å². The van der Waals surface area contributed by atoms with Crippen molar-refractivity contribution in [3.63, 3.8) is 0 Å². The first-order valence-electron chi connectivity index (χ1n) is 7.59. The van der Waals surface area contributed by atoms with Crippen molar-refractivity contribution in [1.82, 2.24) is 5.32 Å². The van der Waals surface area contributed by atoms with E-state index in [2.05, 4.69) is 5.32 Å². The summed E-state index contributed by atoms with van der Waals surface area (Å²) in [5, 5.41) is 13.5. The van der Waals surface area contributed by atoms with Gasteiger partial charge in [-0.15, -0.1) is 0 Å². The third-order valence-electron chi connectivity index (χ3n) is 3.76. The number of aliphatic hydroxyl groups is 1. The third-order valence-corrected chi connectivity index (χ3v) is 3.76. The molecule has 23 heavy (non-hydrogen) atoms. The zero-order valence-electron chi connectivity index (χ0n) is 13.7. The Labute approximate surface area is 137 Å². The maximum atomic E-state index is 12.2. The van der Waals surface area contributed by atoms with E-state index >= 15 is 0 Å². The van der Waals surface area contributed by atoms with Crippen LogP contribution in [0.3, 0.4) is 0 Å². The van der Waals surface area contributed by atoms with Crippen LogP contribution in [-0.2, 0) is 11.2 Å². The number of hydrogen-bond acceptors (Lipinski definition) is 3. The normalized spacial score (nSPS) is 12.5. The fraction of sp³-hybridized carbons (Fsp3) is 0.316. The molecule has 0 unspecified atom stereocenters. The highest BCUT2D eigenvalue weighted by Gasteiger charge is 2.31. The fourth-order valence-electron chi connectivity index (χ4n) is 2.48. The van der Waals surface area contributed by atoms with Crippen LogP contribution < -0.4 is 10.1 Å². The maximum Gasteiger partial charge on any atom is 0.224 e. The Morgan fingerprint density at radius 3 is 2.52 bits per heavy atom. The quantitative estimate of drug-likeness (QED) is 0.862. The van der Waals surface area contributed by atoms with Crippen LogP contribution in [0.4, 0.5) is 0 Å². The van der Waals surface area contributed by atoms with Crippen LogP contribution in [0.2, 0.25) is 0 Å². The number of amides is 1. The predicted octanol–water partition coefficient (Wildman–Crippen LogP) is 2.87. The minimum absolute atomic E-state index is 0.122. The zero-order chi connectivity index (χ0) is 16.9. The van der Waals surface area contributed by atoms with Gasteiger partial charge in [0.25, 0.3) is 0 Å². The molecule has 1 atom stereocenters. The van der Waals surface area contributed by atoms with Gasteiger partial charge < -0.3 is 15.2 Å². The second kappa shape index (κ2) is 7.29. The van der Waals surface area contributed by atoms with Crippen molar-refractivity contribution in [1.29, 1.82) is 0 Å². The van der Waals surface area contributed by atoms with Gasteiger partial charge in [0, 0.05) is 0 Å². The molecule has 2 aromatic rings. The maximum absolute atomic E-state index is 12.2. The lowest BCUT2D eigenvalue weighted by molar-refractivity contribution is -0.123. The molecule has 0 aliphatic carbocycles. The molecule has 0 radical (unpaired) electrons. The average Bonchev–Trinajstić information content (AvgIpc) is 2.54. The number of carbonyl (C=O) groups excluding carboxylic acids is 1. The van der Waals surface area contributed by atoms with E-state index in [4.69, 9.17) is 4.74 Å². The second-order valence-electron chi connectivity index (χ2n) is 6.11. The summed E-state index contributed by atoms with van der Waals surface area (Å²) in [6.45, 7) is 3.61. The molecular formula is C19H23NO3. The van der Waals surface area contributed by atoms with Gasteiger partial charge >= 0.3 is 0 Å². The topological polar surface area (TPSA) is 58.6 Å². The number of nitrogens with one attached hydrogen (secondary N) is 1. The van der Waals surface area contributed by atoms with Gasteiger partial charge in [-0.2, -0.15) is 0 Å². The minimum atomic E-state index is -0.836. The molecule has 0 saturated heterocycles. The minimum Gasteiger partial charge on any atom is -0.497 e. The van der Waals surface area contributed by atoms with Crippen LogP contribution >= 0.6 is 0 Å². The van der Waals surface area contributed by atoms with Gasteiger partial charge in [0.05, 0.1) is 19.1 Å². The first-order chi connectivity index (χ1) is 10.9. The summed E-state index contributed by atoms with van der Waals surface area (Å²) in [6, 6.07) is 16.8. The largest absolute Gasteiger partial charge is 0.497 e. The van der Waals surface area contributed by atoms with Crippen molar-refractivity contribution in [3.05, 3.63) is 65.7 Å². The number of aliphatic hydroxyl groups excluding tert-OH is 1. The number of benzene rings is 2. The fourth-order valence-corrected chi connectivity index (χ4v) is 2.48. The SMILES string of the molecule is COc1cccc([C@H](O)C(C)(C)NC(=O)Cc2ccccc2)c1. The molecule has 122 valence electrons. The molecule has 0 saturated carbocycles. The lowest BCUT2D eigenvalue weighted by atomic mass is 9.90. The van der Waals surface area contributed by atoms with Crippen molar-refractivity contribution in [2.45, 2.75) is 31.9 Å². The van der Waals surface area contributed by atoms with E-state index in [1.165, 1.54) is 0 Å². The van der Waals surface area contributed by atoms with Crippen molar-refractivity contribution < 1.29 is 14.6 Å². The van der Waals surface area contributed by atoms with E-state index in [1.807, 2.05) is 48.5 Å². The molecule has 0 heterocycles.